The van der Waals surface area contributed by atoms with Crippen LogP contribution in [0.15, 0.2) is 36.7 Å². The Morgan fingerprint density at radius 2 is 2.05 bits per heavy atom. The summed E-state index contributed by atoms with van der Waals surface area (Å²) < 4.78 is 12.9. The topological polar surface area (TPSA) is 44.0 Å². The highest BCUT2D eigenvalue weighted by molar-refractivity contribution is 5.20. The van der Waals surface area contributed by atoms with Gasteiger partial charge in [-0.3, -0.25) is 0 Å². The van der Waals surface area contributed by atoms with Crippen molar-refractivity contribution in [3.63, 3.8) is 0 Å². The van der Waals surface area contributed by atoms with Crippen molar-refractivity contribution in [1.29, 1.82) is 0 Å². The van der Waals surface area contributed by atoms with E-state index >= 15 is 0 Å². The number of hydrogen-bond donors (Lipinski definition) is 2. The zero-order valence-corrected chi connectivity index (χ0v) is 11.2. The van der Waals surface area contributed by atoms with Crippen molar-refractivity contribution in [1.82, 2.24) is 20.2 Å². The number of aromatic amines is 1. The lowest BCUT2D eigenvalue weighted by atomic mass is 10.1. The normalized spacial score (nSPS) is 12.8. The first kappa shape index (κ1) is 13.7. The summed E-state index contributed by atoms with van der Waals surface area (Å²) in [6.45, 7) is 1.47. The van der Waals surface area contributed by atoms with Crippen molar-refractivity contribution in [3.8, 4) is 0 Å². The Kier molecular flexibility index (Phi) is 4.65. The molecule has 0 saturated carbocycles. The van der Waals surface area contributed by atoms with Crippen LogP contribution in [0.25, 0.3) is 0 Å². The van der Waals surface area contributed by atoms with Crippen molar-refractivity contribution in [3.05, 3.63) is 53.9 Å². The Hall–Kier alpha value is -1.72. The molecule has 0 aliphatic carbocycles. The van der Waals surface area contributed by atoms with Crippen LogP contribution in [0.2, 0.25) is 0 Å². The third kappa shape index (κ3) is 3.87. The van der Waals surface area contributed by atoms with Crippen LogP contribution in [0.1, 0.15) is 17.4 Å². The zero-order chi connectivity index (χ0) is 13.7. The molecule has 0 radical (unpaired) electrons. The fourth-order valence-corrected chi connectivity index (χ4v) is 2.01. The second-order valence-electron chi connectivity index (χ2n) is 4.70. The Labute approximate surface area is 112 Å². The highest BCUT2D eigenvalue weighted by atomic mass is 19.1. The molecular formula is C14H19FN4. The van der Waals surface area contributed by atoms with E-state index in [1.54, 1.807) is 12.4 Å². The minimum absolute atomic E-state index is 0.204. The van der Waals surface area contributed by atoms with Gasteiger partial charge >= 0.3 is 0 Å². The van der Waals surface area contributed by atoms with Crippen LogP contribution in [0.4, 0.5) is 4.39 Å². The SMILES string of the molecule is CN(C)C(CNCc1ncc[nH]1)c1ccc(F)cc1. The molecule has 5 heteroatoms. The highest BCUT2D eigenvalue weighted by Gasteiger charge is 2.13. The molecule has 0 bridgehead atoms. The molecule has 1 heterocycles. The van der Waals surface area contributed by atoms with Crippen molar-refractivity contribution in [2.45, 2.75) is 12.6 Å². The molecule has 102 valence electrons. The van der Waals surface area contributed by atoms with E-state index in [4.69, 9.17) is 0 Å². The van der Waals surface area contributed by atoms with Gasteiger partial charge < -0.3 is 15.2 Å². The van der Waals surface area contributed by atoms with Gasteiger partial charge in [0, 0.05) is 25.0 Å². The molecule has 1 unspecified atom stereocenters. The molecule has 4 nitrogen and oxygen atoms in total. The summed E-state index contributed by atoms with van der Waals surface area (Å²) in [5.74, 6) is 0.710. The van der Waals surface area contributed by atoms with Gasteiger partial charge in [-0.15, -0.1) is 0 Å². The van der Waals surface area contributed by atoms with Gasteiger partial charge in [-0.1, -0.05) is 12.1 Å². The van der Waals surface area contributed by atoms with Gasteiger partial charge in [-0.05, 0) is 31.8 Å². The van der Waals surface area contributed by atoms with Gasteiger partial charge in [0.2, 0.25) is 0 Å². The fourth-order valence-electron chi connectivity index (χ4n) is 2.01. The summed E-state index contributed by atoms with van der Waals surface area (Å²) in [6.07, 6.45) is 3.54. The third-order valence-electron chi connectivity index (χ3n) is 3.06. The standard InChI is InChI=1S/C14H19FN4/c1-19(2)13(11-3-5-12(15)6-4-11)9-16-10-14-17-7-8-18-14/h3-8,13,16H,9-10H2,1-2H3,(H,17,18). The lowest BCUT2D eigenvalue weighted by Gasteiger charge is -2.25. The molecule has 0 spiro atoms. The summed E-state index contributed by atoms with van der Waals surface area (Å²) in [4.78, 5) is 9.33. The molecule has 1 aromatic carbocycles. The maximum atomic E-state index is 12.9. The number of H-pyrrole nitrogens is 1. The maximum Gasteiger partial charge on any atom is 0.123 e. The fraction of sp³-hybridized carbons (Fsp3) is 0.357. The van der Waals surface area contributed by atoms with Gasteiger partial charge in [0.15, 0.2) is 0 Å². The van der Waals surface area contributed by atoms with E-state index in [1.807, 2.05) is 26.2 Å². The van der Waals surface area contributed by atoms with Crippen LogP contribution in [0, 0.1) is 5.82 Å². The van der Waals surface area contributed by atoms with Crippen LogP contribution in [-0.2, 0) is 6.54 Å². The van der Waals surface area contributed by atoms with Crippen molar-refractivity contribution >= 4 is 0 Å². The van der Waals surface area contributed by atoms with E-state index in [1.165, 1.54) is 12.1 Å². The first-order valence-electron chi connectivity index (χ1n) is 6.27. The molecule has 0 aliphatic heterocycles. The van der Waals surface area contributed by atoms with E-state index in [0.29, 0.717) is 6.54 Å². The number of nitrogens with one attached hydrogen (secondary N) is 2. The molecule has 0 amide bonds. The van der Waals surface area contributed by atoms with Gasteiger partial charge in [0.25, 0.3) is 0 Å². The molecule has 0 aliphatic rings. The van der Waals surface area contributed by atoms with Crippen LogP contribution in [0.5, 0.6) is 0 Å². The third-order valence-corrected chi connectivity index (χ3v) is 3.06. The maximum absolute atomic E-state index is 12.9. The van der Waals surface area contributed by atoms with Crippen molar-refractivity contribution in [2.75, 3.05) is 20.6 Å². The molecule has 2 aromatic rings. The predicted octanol–water partition coefficient (Wildman–Crippen LogP) is 1.94. The Morgan fingerprint density at radius 3 is 2.63 bits per heavy atom. The summed E-state index contributed by atoms with van der Waals surface area (Å²) >= 11 is 0. The first-order valence-corrected chi connectivity index (χ1v) is 6.27. The molecule has 2 N–H and O–H groups in total. The number of halogens is 1. The number of likely N-dealkylation sites (N-methyl/N-ethyl adjacent to an activating group) is 1. The summed E-state index contributed by atoms with van der Waals surface area (Å²) in [5, 5.41) is 3.35. The number of imidazole rings is 1. The van der Waals surface area contributed by atoms with Crippen LogP contribution < -0.4 is 5.32 Å². The van der Waals surface area contributed by atoms with E-state index < -0.39 is 0 Å². The molecule has 1 atom stereocenters. The van der Waals surface area contributed by atoms with E-state index in [0.717, 1.165) is 17.9 Å². The zero-order valence-electron chi connectivity index (χ0n) is 11.2. The smallest absolute Gasteiger partial charge is 0.123 e. The van der Waals surface area contributed by atoms with Gasteiger partial charge in [0.1, 0.15) is 11.6 Å². The van der Waals surface area contributed by atoms with Gasteiger partial charge in [-0.2, -0.15) is 0 Å². The molecule has 0 fully saturated rings. The first-order chi connectivity index (χ1) is 9.16. The monoisotopic (exact) mass is 262 g/mol. The quantitative estimate of drug-likeness (QED) is 0.836. The number of benzene rings is 1. The Balaban J connectivity index is 1.94. The van der Waals surface area contributed by atoms with Gasteiger partial charge in [0.05, 0.1) is 6.54 Å². The molecule has 19 heavy (non-hydrogen) atoms. The minimum Gasteiger partial charge on any atom is -0.348 e. The number of rotatable bonds is 6. The summed E-state index contributed by atoms with van der Waals surface area (Å²) in [5.41, 5.74) is 1.10. The second-order valence-corrected chi connectivity index (χ2v) is 4.70. The van der Waals surface area contributed by atoms with Crippen LogP contribution in [-0.4, -0.2) is 35.5 Å². The molecule has 1 aromatic heterocycles. The van der Waals surface area contributed by atoms with E-state index in [9.17, 15) is 4.39 Å². The lowest BCUT2D eigenvalue weighted by Crippen LogP contribution is -2.31. The number of hydrogen-bond acceptors (Lipinski definition) is 3. The van der Waals surface area contributed by atoms with Gasteiger partial charge in [-0.25, -0.2) is 9.37 Å². The van der Waals surface area contributed by atoms with Crippen LogP contribution >= 0.6 is 0 Å². The highest BCUT2D eigenvalue weighted by Crippen LogP contribution is 2.17. The largest absolute Gasteiger partial charge is 0.348 e. The molecule has 2 rings (SSSR count). The Bertz CT molecular complexity index is 479. The lowest BCUT2D eigenvalue weighted by molar-refractivity contribution is 0.287. The van der Waals surface area contributed by atoms with Crippen LogP contribution in [0.3, 0.4) is 0 Å². The van der Waals surface area contributed by atoms with E-state index in [-0.39, 0.29) is 11.9 Å². The minimum atomic E-state index is -0.204. The summed E-state index contributed by atoms with van der Waals surface area (Å²) in [7, 11) is 4.03. The average Bonchev–Trinajstić information content (AvgIpc) is 2.89. The van der Waals surface area contributed by atoms with Crippen molar-refractivity contribution in [2.24, 2.45) is 0 Å². The summed E-state index contributed by atoms with van der Waals surface area (Å²) in [6, 6.07) is 6.86. The predicted molar refractivity (Wildman–Crippen MR) is 73.1 cm³/mol. The van der Waals surface area contributed by atoms with Crippen molar-refractivity contribution < 1.29 is 4.39 Å². The number of aromatic nitrogens is 2. The second kappa shape index (κ2) is 6.45. The Morgan fingerprint density at radius 1 is 1.32 bits per heavy atom. The number of nitrogens with zero attached hydrogens (tertiary/aromatic N) is 2. The molecule has 0 saturated heterocycles. The molecular weight excluding hydrogens is 243 g/mol. The average molecular weight is 262 g/mol. The van der Waals surface area contributed by atoms with E-state index in [2.05, 4.69) is 20.2 Å².